The van der Waals surface area contributed by atoms with Gasteiger partial charge in [0.1, 0.15) is 5.52 Å². The van der Waals surface area contributed by atoms with E-state index in [0.29, 0.717) is 4.77 Å². The van der Waals surface area contributed by atoms with Gasteiger partial charge in [0.2, 0.25) is 0 Å². The van der Waals surface area contributed by atoms with Crippen LogP contribution in [0.2, 0.25) is 0 Å². The Morgan fingerprint density at radius 3 is 2.71 bits per heavy atom. The Labute approximate surface area is 102 Å². The van der Waals surface area contributed by atoms with Crippen molar-refractivity contribution in [1.82, 2.24) is 29.1 Å². The van der Waals surface area contributed by atoms with Crippen molar-refractivity contribution in [1.29, 1.82) is 0 Å². The summed E-state index contributed by atoms with van der Waals surface area (Å²) in [6, 6.07) is 1.92. The minimum atomic E-state index is 0.634. The summed E-state index contributed by atoms with van der Waals surface area (Å²) in [5, 5.41) is 8.73. The molecule has 0 atom stereocenters. The van der Waals surface area contributed by atoms with Crippen LogP contribution in [-0.2, 0) is 14.1 Å². The average Bonchev–Trinajstić information content (AvgIpc) is 2.87. The van der Waals surface area contributed by atoms with Crippen LogP contribution in [0.15, 0.2) is 12.3 Å². The highest BCUT2D eigenvalue weighted by atomic mass is 32.1. The van der Waals surface area contributed by atoms with Crippen LogP contribution in [-0.4, -0.2) is 29.1 Å². The van der Waals surface area contributed by atoms with Crippen LogP contribution in [0.1, 0.15) is 5.69 Å². The molecule has 6 nitrogen and oxygen atoms in total. The van der Waals surface area contributed by atoms with Crippen LogP contribution in [0, 0.1) is 11.7 Å². The standard InChI is InChI=1S/C10H12N6S/c1-6-8-9(15(3)12-6)16(10(17)11-8)7-4-5-14(2)13-7/h4-5H,1-3H3,(H,11,17). The van der Waals surface area contributed by atoms with Crippen LogP contribution in [0.3, 0.4) is 0 Å². The van der Waals surface area contributed by atoms with Crippen LogP contribution in [0.4, 0.5) is 0 Å². The topological polar surface area (TPSA) is 56.4 Å². The Hall–Kier alpha value is -1.89. The van der Waals surface area contributed by atoms with E-state index in [2.05, 4.69) is 15.2 Å². The van der Waals surface area contributed by atoms with E-state index in [9.17, 15) is 0 Å². The van der Waals surface area contributed by atoms with E-state index in [-0.39, 0.29) is 0 Å². The number of fused-ring (bicyclic) bond motifs is 1. The minimum absolute atomic E-state index is 0.634. The Morgan fingerprint density at radius 1 is 1.29 bits per heavy atom. The first-order valence-corrected chi connectivity index (χ1v) is 5.63. The molecule has 7 heteroatoms. The van der Waals surface area contributed by atoms with Crippen molar-refractivity contribution in [3.8, 4) is 5.82 Å². The van der Waals surface area contributed by atoms with Crippen molar-refractivity contribution in [3.05, 3.63) is 22.7 Å². The number of hydrogen-bond donors (Lipinski definition) is 1. The molecule has 0 radical (unpaired) electrons. The molecule has 0 bridgehead atoms. The lowest BCUT2D eigenvalue weighted by atomic mass is 10.4. The van der Waals surface area contributed by atoms with Gasteiger partial charge in [-0.3, -0.25) is 9.25 Å². The summed E-state index contributed by atoms with van der Waals surface area (Å²) in [4.78, 5) is 3.17. The maximum Gasteiger partial charge on any atom is 0.185 e. The summed E-state index contributed by atoms with van der Waals surface area (Å²) in [5.41, 5.74) is 2.83. The van der Waals surface area contributed by atoms with Crippen molar-refractivity contribution >= 4 is 23.4 Å². The lowest BCUT2D eigenvalue weighted by molar-refractivity contribution is 0.732. The third-order valence-electron chi connectivity index (χ3n) is 2.77. The van der Waals surface area contributed by atoms with E-state index in [1.54, 1.807) is 4.68 Å². The highest BCUT2D eigenvalue weighted by Crippen LogP contribution is 2.20. The van der Waals surface area contributed by atoms with Gasteiger partial charge in [0.05, 0.1) is 5.69 Å². The summed E-state index contributed by atoms with van der Waals surface area (Å²) in [6.07, 6.45) is 1.89. The van der Waals surface area contributed by atoms with Gasteiger partial charge < -0.3 is 4.98 Å². The number of nitrogens with zero attached hydrogens (tertiary/aromatic N) is 5. The molecule has 88 valence electrons. The van der Waals surface area contributed by atoms with E-state index in [1.807, 2.05) is 42.5 Å². The maximum absolute atomic E-state index is 5.33. The molecule has 3 aromatic heterocycles. The molecule has 1 N–H and O–H groups in total. The predicted octanol–water partition coefficient (Wildman–Crippen LogP) is 1.46. The van der Waals surface area contributed by atoms with Gasteiger partial charge >= 0.3 is 0 Å². The molecule has 0 saturated carbocycles. The molecule has 0 amide bonds. The van der Waals surface area contributed by atoms with Crippen molar-refractivity contribution in [2.45, 2.75) is 6.92 Å². The van der Waals surface area contributed by atoms with Gasteiger partial charge in [-0.05, 0) is 19.1 Å². The number of aromatic amines is 1. The quantitative estimate of drug-likeness (QED) is 0.663. The normalized spacial score (nSPS) is 11.5. The molecule has 3 heterocycles. The maximum atomic E-state index is 5.33. The fourth-order valence-electron chi connectivity index (χ4n) is 2.04. The van der Waals surface area contributed by atoms with Crippen molar-refractivity contribution in [2.75, 3.05) is 0 Å². The number of imidazole rings is 1. The van der Waals surface area contributed by atoms with Crippen LogP contribution < -0.4 is 0 Å². The van der Waals surface area contributed by atoms with E-state index in [1.165, 1.54) is 0 Å². The second kappa shape index (κ2) is 3.30. The third kappa shape index (κ3) is 1.35. The third-order valence-corrected chi connectivity index (χ3v) is 3.05. The second-order valence-corrected chi connectivity index (χ2v) is 4.41. The largest absolute Gasteiger partial charge is 0.327 e. The van der Waals surface area contributed by atoms with Gasteiger partial charge in [-0.1, -0.05) is 0 Å². The monoisotopic (exact) mass is 248 g/mol. The van der Waals surface area contributed by atoms with Crippen LogP contribution in [0.5, 0.6) is 0 Å². The zero-order chi connectivity index (χ0) is 12.2. The summed E-state index contributed by atoms with van der Waals surface area (Å²) in [7, 11) is 3.78. The highest BCUT2D eigenvalue weighted by Gasteiger charge is 2.14. The second-order valence-electron chi connectivity index (χ2n) is 4.02. The number of rotatable bonds is 1. The van der Waals surface area contributed by atoms with E-state index < -0.39 is 0 Å². The fraction of sp³-hybridized carbons (Fsp3) is 0.300. The molecule has 3 rings (SSSR count). The van der Waals surface area contributed by atoms with Gasteiger partial charge in [-0.2, -0.15) is 10.2 Å². The molecule has 0 saturated heterocycles. The Morgan fingerprint density at radius 2 is 2.06 bits per heavy atom. The Kier molecular flexibility index (Phi) is 1.99. The first kappa shape index (κ1) is 10.3. The molecular weight excluding hydrogens is 236 g/mol. The van der Waals surface area contributed by atoms with E-state index in [4.69, 9.17) is 12.2 Å². The van der Waals surface area contributed by atoms with Gasteiger partial charge in [0.25, 0.3) is 0 Å². The molecule has 3 aromatic rings. The van der Waals surface area contributed by atoms with Crippen molar-refractivity contribution in [3.63, 3.8) is 0 Å². The van der Waals surface area contributed by atoms with E-state index >= 15 is 0 Å². The molecule has 0 aliphatic carbocycles. The van der Waals surface area contributed by atoms with Gasteiger partial charge in [0, 0.05) is 26.4 Å². The van der Waals surface area contributed by atoms with Crippen molar-refractivity contribution < 1.29 is 0 Å². The zero-order valence-corrected chi connectivity index (χ0v) is 10.6. The Bertz CT molecular complexity index is 756. The molecule has 0 fully saturated rings. The molecule has 0 aliphatic heterocycles. The number of aromatic nitrogens is 6. The first-order chi connectivity index (χ1) is 8.08. The summed E-state index contributed by atoms with van der Waals surface area (Å²) >= 11 is 5.33. The van der Waals surface area contributed by atoms with Gasteiger partial charge in [-0.25, -0.2) is 4.68 Å². The average molecular weight is 248 g/mol. The predicted molar refractivity (Wildman–Crippen MR) is 66.7 cm³/mol. The van der Waals surface area contributed by atoms with Gasteiger partial charge in [0.15, 0.2) is 16.2 Å². The lowest BCUT2D eigenvalue weighted by Gasteiger charge is -1.99. The fourth-order valence-corrected chi connectivity index (χ4v) is 2.32. The number of nitrogens with one attached hydrogen (secondary N) is 1. The van der Waals surface area contributed by atoms with Crippen LogP contribution >= 0.6 is 12.2 Å². The van der Waals surface area contributed by atoms with E-state index in [0.717, 1.165) is 22.7 Å². The first-order valence-electron chi connectivity index (χ1n) is 5.22. The highest BCUT2D eigenvalue weighted by molar-refractivity contribution is 7.71. The molecule has 0 aromatic carbocycles. The molecule has 0 spiro atoms. The summed E-state index contributed by atoms with van der Waals surface area (Å²) in [6.45, 7) is 1.95. The molecule has 0 aliphatic rings. The SMILES string of the molecule is Cc1nn(C)c2c1[nH]c(=S)n2-c1ccn(C)n1. The molecule has 0 unspecified atom stereocenters. The van der Waals surface area contributed by atoms with Crippen molar-refractivity contribution in [2.24, 2.45) is 14.1 Å². The summed E-state index contributed by atoms with van der Waals surface area (Å²) < 4.78 is 6.09. The smallest absolute Gasteiger partial charge is 0.185 e. The van der Waals surface area contributed by atoms with Gasteiger partial charge in [-0.15, -0.1) is 0 Å². The summed E-state index contributed by atoms with van der Waals surface area (Å²) in [5.74, 6) is 0.798. The van der Waals surface area contributed by atoms with Crippen LogP contribution in [0.25, 0.3) is 17.0 Å². The molecule has 17 heavy (non-hydrogen) atoms. The Balaban J connectivity index is 2.43. The number of hydrogen-bond acceptors (Lipinski definition) is 3. The lowest BCUT2D eigenvalue weighted by Crippen LogP contribution is -2.02. The number of aryl methyl sites for hydroxylation is 3. The number of H-pyrrole nitrogens is 1. The zero-order valence-electron chi connectivity index (χ0n) is 9.80. The molecular formula is C10H12N6S. The minimum Gasteiger partial charge on any atom is -0.327 e.